The van der Waals surface area contributed by atoms with Crippen molar-refractivity contribution in [1.29, 1.82) is 0 Å². The van der Waals surface area contributed by atoms with Gasteiger partial charge in [-0.1, -0.05) is 17.7 Å². The number of nitro groups is 1. The third-order valence-corrected chi connectivity index (χ3v) is 7.72. The van der Waals surface area contributed by atoms with E-state index in [-0.39, 0.29) is 34.6 Å². The van der Waals surface area contributed by atoms with Gasteiger partial charge >= 0.3 is 0 Å². The summed E-state index contributed by atoms with van der Waals surface area (Å²) in [6, 6.07) is 7.05. The highest BCUT2D eigenvalue weighted by Crippen LogP contribution is 2.26. The number of aryl methyl sites for hydroxylation is 1. The number of carbonyl (C=O) groups is 1. The number of sulfonamides is 1. The average molecular weight is 485 g/mol. The van der Waals surface area contributed by atoms with Gasteiger partial charge in [0.1, 0.15) is 5.82 Å². The second kappa shape index (κ2) is 9.49. The van der Waals surface area contributed by atoms with E-state index in [2.05, 4.69) is 5.32 Å². The van der Waals surface area contributed by atoms with Crippen molar-refractivity contribution in [1.82, 2.24) is 9.21 Å². The molecular formula is C20H22ClFN4O5S. The summed E-state index contributed by atoms with van der Waals surface area (Å²) < 4.78 is 40.7. The molecule has 0 radical (unpaired) electrons. The number of carbonyl (C=O) groups excluding carboxylic acids is 1. The third-order valence-electron chi connectivity index (χ3n) is 5.39. The Hall–Kier alpha value is -2.60. The second-order valence-corrected chi connectivity index (χ2v) is 9.75. The number of rotatable bonds is 6. The molecule has 1 fully saturated rings. The van der Waals surface area contributed by atoms with Crippen LogP contribution in [0.1, 0.15) is 12.5 Å². The highest BCUT2D eigenvalue weighted by Gasteiger charge is 2.33. The van der Waals surface area contributed by atoms with Crippen molar-refractivity contribution in [2.24, 2.45) is 0 Å². The van der Waals surface area contributed by atoms with Crippen LogP contribution in [0.3, 0.4) is 0 Å². The van der Waals surface area contributed by atoms with E-state index in [0.29, 0.717) is 24.3 Å². The number of halogens is 2. The first kappa shape index (κ1) is 24.1. The largest absolute Gasteiger partial charge is 0.325 e. The molecule has 1 aliphatic rings. The maximum absolute atomic E-state index is 13.3. The van der Waals surface area contributed by atoms with Crippen LogP contribution in [0.15, 0.2) is 41.3 Å². The van der Waals surface area contributed by atoms with Crippen molar-refractivity contribution >= 4 is 38.9 Å². The molecule has 32 heavy (non-hydrogen) atoms. The smallest absolute Gasteiger partial charge is 0.270 e. The fourth-order valence-corrected chi connectivity index (χ4v) is 5.28. The number of non-ortho nitro benzene ring substituents is 1. The number of hydrogen-bond donors (Lipinski definition) is 1. The number of benzene rings is 2. The summed E-state index contributed by atoms with van der Waals surface area (Å²) in [7, 11) is -3.92. The van der Waals surface area contributed by atoms with E-state index in [1.54, 1.807) is 13.8 Å². The van der Waals surface area contributed by atoms with E-state index in [1.807, 2.05) is 4.90 Å². The van der Waals surface area contributed by atoms with E-state index in [4.69, 9.17) is 11.6 Å². The van der Waals surface area contributed by atoms with Crippen molar-refractivity contribution in [3.63, 3.8) is 0 Å². The summed E-state index contributed by atoms with van der Waals surface area (Å²) in [6.45, 7) is 4.13. The fraction of sp³-hybridized carbons (Fsp3) is 0.350. The lowest BCUT2D eigenvalue weighted by Crippen LogP contribution is -2.54. The first-order valence-electron chi connectivity index (χ1n) is 9.76. The molecule has 172 valence electrons. The van der Waals surface area contributed by atoms with E-state index < -0.39 is 26.8 Å². The van der Waals surface area contributed by atoms with Gasteiger partial charge in [-0.3, -0.25) is 19.8 Å². The minimum Gasteiger partial charge on any atom is -0.325 e. The van der Waals surface area contributed by atoms with Gasteiger partial charge in [-0.15, -0.1) is 0 Å². The van der Waals surface area contributed by atoms with Gasteiger partial charge in [-0.05, 0) is 37.6 Å². The van der Waals surface area contributed by atoms with Crippen LogP contribution in [-0.2, 0) is 14.8 Å². The molecule has 0 aromatic heterocycles. The Morgan fingerprint density at radius 2 is 1.84 bits per heavy atom. The number of nitrogens with one attached hydrogen (secondary N) is 1. The van der Waals surface area contributed by atoms with Gasteiger partial charge in [0.05, 0.1) is 20.9 Å². The SMILES string of the molecule is Cc1ccc([N+](=O)[O-])cc1S(=O)(=O)N1CCN(C(C)C(=O)Nc2ccc(F)c(Cl)c2)CC1. The lowest BCUT2D eigenvalue weighted by atomic mass is 10.2. The Morgan fingerprint density at radius 3 is 2.44 bits per heavy atom. The molecule has 9 nitrogen and oxygen atoms in total. The molecule has 2 aromatic carbocycles. The number of hydrogen-bond acceptors (Lipinski definition) is 6. The van der Waals surface area contributed by atoms with Crippen molar-refractivity contribution in [2.75, 3.05) is 31.5 Å². The van der Waals surface area contributed by atoms with Crippen LogP contribution in [0, 0.1) is 22.9 Å². The van der Waals surface area contributed by atoms with E-state index >= 15 is 0 Å². The Bertz CT molecular complexity index is 1150. The standard InChI is InChI=1S/C20H22ClFN4O5S/c1-13-3-5-16(26(28)29)12-19(13)32(30,31)25-9-7-24(8-10-25)14(2)20(27)23-15-4-6-18(22)17(21)11-15/h3-6,11-12,14H,7-10H2,1-2H3,(H,23,27). The number of amides is 1. The summed E-state index contributed by atoms with van der Waals surface area (Å²) in [6.07, 6.45) is 0. The molecule has 1 atom stereocenters. The first-order valence-corrected chi connectivity index (χ1v) is 11.6. The van der Waals surface area contributed by atoms with Crippen molar-refractivity contribution in [3.05, 3.63) is 62.9 Å². The molecule has 0 saturated carbocycles. The molecule has 1 saturated heterocycles. The molecule has 1 amide bonds. The molecule has 1 heterocycles. The van der Waals surface area contributed by atoms with E-state index in [1.165, 1.54) is 28.6 Å². The van der Waals surface area contributed by atoms with Crippen LogP contribution in [0.25, 0.3) is 0 Å². The predicted molar refractivity (Wildman–Crippen MR) is 118 cm³/mol. The lowest BCUT2D eigenvalue weighted by Gasteiger charge is -2.36. The van der Waals surface area contributed by atoms with Crippen LogP contribution >= 0.6 is 11.6 Å². The Labute approximate surface area is 190 Å². The summed E-state index contributed by atoms with van der Waals surface area (Å²) >= 11 is 5.74. The molecule has 2 aromatic rings. The molecule has 0 aliphatic carbocycles. The minimum atomic E-state index is -3.92. The number of nitro benzene ring substituents is 1. The van der Waals surface area contributed by atoms with Crippen LogP contribution in [0.5, 0.6) is 0 Å². The summed E-state index contributed by atoms with van der Waals surface area (Å²) in [4.78, 5) is 24.7. The molecule has 3 rings (SSSR count). The lowest BCUT2D eigenvalue weighted by molar-refractivity contribution is -0.385. The molecule has 0 bridgehead atoms. The highest BCUT2D eigenvalue weighted by molar-refractivity contribution is 7.89. The van der Waals surface area contributed by atoms with Gasteiger partial charge in [-0.25, -0.2) is 12.8 Å². The van der Waals surface area contributed by atoms with Crippen LogP contribution in [0.2, 0.25) is 5.02 Å². The van der Waals surface area contributed by atoms with Gasteiger partial charge in [0.25, 0.3) is 5.69 Å². The number of nitrogens with zero attached hydrogens (tertiary/aromatic N) is 3. The third kappa shape index (κ3) is 5.07. The zero-order valence-corrected chi connectivity index (χ0v) is 19.0. The molecule has 12 heteroatoms. The van der Waals surface area contributed by atoms with Crippen molar-refractivity contribution < 1.29 is 22.5 Å². The van der Waals surface area contributed by atoms with Crippen molar-refractivity contribution in [3.8, 4) is 0 Å². The maximum atomic E-state index is 13.3. The zero-order valence-electron chi connectivity index (χ0n) is 17.4. The summed E-state index contributed by atoms with van der Waals surface area (Å²) in [5.74, 6) is -0.924. The topological polar surface area (TPSA) is 113 Å². The van der Waals surface area contributed by atoms with Gasteiger partial charge in [0.2, 0.25) is 15.9 Å². The minimum absolute atomic E-state index is 0.0980. The van der Waals surface area contributed by atoms with Crippen LogP contribution in [0.4, 0.5) is 15.8 Å². The van der Waals surface area contributed by atoms with E-state index in [9.17, 15) is 27.7 Å². The van der Waals surface area contributed by atoms with Gasteiger partial charge in [0, 0.05) is 44.0 Å². The monoisotopic (exact) mass is 484 g/mol. The number of piperazine rings is 1. The fourth-order valence-electron chi connectivity index (χ4n) is 3.44. The molecule has 1 N–H and O–H groups in total. The average Bonchev–Trinajstić information content (AvgIpc) is 2.75. The van der Waals surface area contributed by atoms with Crippen LogP contribution in [-0.4, -0.2) is 60.7 Å². The van der Waals surface area contributed by atoms with Crippen molar-refractivity contribution in [2.45, 2.75) is 24.8 Å². The predicted octanol–water partition coefficient (Wildman–Crippen LogP) is 3.03. The summed E-state index contributed by atoms with van der Waals surface area (Å²) in [5.41, 5.74) is 0.485. The number of anilines is 1. The van der Waals surface area contributed by atoms with E-state index in [0.717, 1.165) is 12.1 Å². The van der Waals surface area contributed by atoms with Gasteiger partial charge in [-0.2, -0.15) is 4.31 Å². The Balaban J connectivity index is 1.66. The van der Waals surface area contributed by atoms with Gasteiger partial charge < -0.3 is 5.32 Å². The second-order valence-electron chi connectivity index (χ2n) is 7.44. The Kier molecular flexibility index (Phi) is 7.13. The highest BCUT2D eigenvalue weighted by atomic mass is 35.5. The maximum Gasteiger partial charge on any atom is 0.270 e. The molecular weight excluding hydrogens is 463 g/mol. The summed E-state index contributed by atoms with van der Waals surface area (Å²) in [5, 5.41) is 13.6. The Morgan fingerprint density at radius 1 is 1.19 bits per heavy atom. The zero-order chi connectivity index (χ0) is 23.6. The first-order chi connectivity index (χ1) is 15.0. The molecule has 1 aliphatic heterocycles. The molecule has 1 unspecified atom stereocenters. The normalized spacial score (nSPS) is 16.5. The van der Waals surface area contributed by atoms with Crippen LogP contribution < -0.4 is 5.32 Å². The van der Waals surface area contributed by atoms with Gasteiger partial charge in [0.15, 0.2) is 0 Å². The molecule has 0 spiro atoms. The quantitative estimate of drug-likeness (QED) is 0.498.